The second kappa shape index (κ2) is 9.36. The molecule has 1 nitrogen and oxygen atoms in total. The van der Waals surface area contributed by atoms with Gasteiger partial charge in [0, 0.05) is 0 Å². The van der Waals surface area contributed by atoms with Crippen molar-refractivity contribution in [1.29, 1.82) is 0 Å². The average Bonchev–Trinajstić information content (AvgIpc) is 3.03. The van der Waals surface area contributed by atoms with Crippen molar-refractivity contribution in [2.75, 3.05) is 0 Å². The number of rotatable bonds is 2. The summed E-state index contributed by atoms with van der Waals surface area (Å²) in [5, 5.41) is 0. The van der Waals surface area contributed by atoms with E-state index in [9.17, 15) is 4.79 Å². The average molecular weight is 546 g/mol. The van der Waals surface area contributed by atoms with Gasteiger partial charge >= 0.3 is 197 Å². The standard InChI is InChI=1S/C28H31O.2ClH.Zr/c1-14-15(2)17(4)26-23(16(14)3)20(7)24-21(8)25(18(5)19(6)27(24)26)28(29)22-12-10-9-11-13-22;;;/h9-12,22H,13H2,1-8H3;2*1H;/q;;;+2/p-2. The molecule has 0 aliphatic heterocycles. The van der Waals surface area contributed by atoms with Crippen LogP contribution in [0.2, 0.25) is 3.12 Å². The molecule has 0 bridgehead atoms. The van der Waals surface area contributed by atoms with Crippen molar-refractivity contribution < 1.29 is 54.3 Å². The van der Waals surface area contributed by atoms with Gasteiger partial charge in [-0.15, -0.1) is 0 Å². The zero-order valence-electron chi connectivity index (χ0n) is 20.3. The second-order valence-electron chi connectivity index (χ2n) is 9.39. The van der Waals surface area contributed by atoms with Gasteiger partial charge in [-0.05, 0) is 0 Å². The third kappa shape index (κ3) is 3.66. The van der Waals surface area contributed by atoms with Crippen molar-refractivity contribution in [2.45, 2.75) is 64.9 Å². The molecule has 167 valence electrons. The summed E-state index contributed by atoms with van der Waals surface area (Å²) in [4.78, 5) is 13.8. The van der Waals surface area contributed by atoms with E-state index < -0.39 is 0 Å². The van der Waals surface area contributed by atoms with Crippen molar-refractivity contribution >= 4 is 16.9 Å². The Labute approximate surface area is 220 Å². The molecule has 0 saturated carbocycles. The number of Topliss-reactive ketones (excluding diaryl/α,β-unsaturated/α-hetero) is 1. The van der Waals surface area contributed by atoms with E-state index in [-0.39, 0.29) is 33.9 Å². The summed E-state index contributed by atoms with van der Waals surface area (Å²) in [5.74, 6) is 0.273. The predicted octanol–water partition coefficient (Wildman–Crippen LogP) is 1.25. The molecule has 0 aromatic heterocycles. The quantitative estimate of drug-likeness (QED) is 0.547. The number of hydrogen-bond acceptors (Lipinski definition) is 1. The Kier molecular flexibility index (Phi) is 7.99. The van der Waals surface area contributed by atoms with E-state index in [1.807, 2.05) is 12.2 Å². The summed E-state index contributed by atoms with van der Waals surface area (Å²) in [5.41, 5.74) is 16.1. The second-order valence-corrected chi connectivity index (χ2v) is 11.9. The number of carbonyl (C=O) groups is 1. The SMILES string of the molecule is CC1=C2C(=C(C)c3c(C)c(C)c(C)c(C)c32)[C](C)([Zr+2])C(C(=O)C2C=CC=CC2)=C1C.[Cl-].[Cl-]. The molecule has 0 N–H and O–H groups in total. The van der Waals surface area contributed by atoms with Crippen LogP contribution in [0, 0.1) is 33.6 Å². The number of ketones is 1. The first-order valence-corrected chi connectivity index (χ1v) is 12.1. The van der Waals surface area contributed by atoms with Crippen LogP contribution in [0.3, 0.4) is 0 Å². The number of halogens is 2. The van der Waals surface area contributed by atoms with Crippen LogP contribution < -0.4 is 24.8 Å². The summed E-state index contributed by atoms with van der Waals surface area (Å²) in [7, 11) is 0. The van der Waals surface area contributed by atoms with Crippen molar-refractivity contribution in [3.63, 3.8) is 0 Å². The minimum atomic E-state index is -0.221. The van der Waals surface area contributed by atoms with Crippen LogP contribution in [0.5, 0.6) is 0 Å². The summed E-state index contributed by atoms with van der Waals surface area (Å²) in [6.07, 6.45) is 9.07. The molecule has 0 fully saturated rings. The topological polar surface area (TPSA) is 17.1 Å². The van der Waals surface area contributed by atoms with E-state index in [1.165, 1.54) is 86.0 Å². The van der Waals surface area contributed by atoms with E-state index in [0.29, 0.717) is 5.78 Å². The predicted molar refractivity (Wildman–Crippen MR) is 123 cm³/mol. The number of allylic oxidation sites excluding steroid dienone is 10. The fraction of sp³-hybridized carbons (Fsp3) is 0.393. The van der Waals surface area contributed by atoms with Gasteiger partial charge in [0.05, 0.1) is 0 Å². The molecule has 4 heteroatoms. The van der Waals surface area contributed by atoms with E-state index in [1.54, 1.807) is 0 Å². The van der Waals surface area contributed by atoms with E-state index in [2.05, 4.69) is 67.5 Å². The Hall–Kier alpha value is -0.947. The first-order chi connectivity index (χ1) is 14.0. The molecule has 0 amide bonds. The molecule has 0 spiro atoms. The summed E-state index contributed by atoms with van der Waals surface area (Å²) in [6.45, 7) is 18.0. The number of hydrogen-bond donors (Lipinski definition) is 0. The first kappa shape index (κ1) is 27.3. The van der Waals surface area contributed by atoms with Crippen LogP contribution in [-0.2, 0) is 29.5 Å². The Morgan fingerprint density at radius 2 is 1.41 bits per heavy atom. The minimum absolute atomic E-state index is 0. The molecule has 2 atom stereocenters. The van der Waals surface area contributed by atoms with Crippen molar-refractivity contribution in [2.24, 2.45) is 5.92 Å². The molecule has 3 aliphatic rings. The maximum Gasteiger partial charge on any atom is -1.00 e. The van der Waals surface area contributed by atoms with Crippen LogP contribution in [0.25, 0.3) is 11.1 Å². The van der Waals surface area contributed by atoms with Crippen LogP contribution in [0.15, 0.2) is 46.6 Å². The fourth-order valence-electron chi connectivity index (χ4n) is 5.80. The van der Waals surface area contributed by atoms with Gasteiger partial charge in [0.15, 0.2) is 0 Å². The molecular weight excluding hydrogens is 514 g/mol. The van der Waals surface area contributed by atoms with Gasteiger partial charge in [-0.2, -0.15) is 0 Å². The summed E-state index contributed by atoms with van der Waals surface area (Å²) < 4.78 is -0.221. The Morgan fingerprint density at radius 1 is 0.844 bits per heavy atom. The fourth-order valence-corrected chi connectivity index (χ4v) is 7.33. The minimum Gasteiger partial charge on any atom is -1.00 e. The Balaban J connectivity index is 0.00000181. The van der Waals surface area contributed by atoms with Gasteiger partial charge in [0.1, 0.15) is 0 Å². The van der Waals surface area contributed by atoms with Crippen molar-refractivity contribution in [1.82, 2.24) is 0 Å². The monoisotopic (exact) mass is 543 g/mol. The molecule has 2 unspecified atom stereocenters. The zero-order chi connectivity index (χ0) is 22.1. The van der Waals surface area contributed by atoms with Gasteiger partial charge in [-0.1, -0.05) is 0 Å². The van der Waals surface area contributed by atoms with Crippen molar-refractivity contribution in [3.8, 4) is 0 Å². The first-order valence-electron chi connectivity index (χ1n) is 10.9. The molecule has 4 rings (SSSR count). The molecule has 32 heavy (non-hydrogen) atoms. The smallest absolute Gasteiger partial charge is 1.00 e. The van der Waals surface area contributed by atoms with Gasteiger partial charge in [-0.25, -0.2) is 0 Å². The maximum atomic E-state index is 13.8. The van der Waals surface area contributed by atoms with Gasteiger partial charge in [0.25, 0.3) is 0 Å². The third-order valence-electron chi connectivity index (χ3n) is 7.81. The van der Waals surface area contributed by atoms with Crippen molar-refractivity contribution in [3.05, 3.63) is 80.0 Å². The van der Waals surface area contributed by atoms with Crippen LogP contribution in [0.4, 0.5) is 0 Å². The molecule has 0 saturated heterocycles. The Morgan fingerprint density at radius 3 is 1.94 bits per heavy atom. The molecule has 0 radical (unpaired) electrons. The van der Waals surface area contributed by atoms with Gasteiger partial charge < -0.3 is 24.8 Å². The van der Waals surface area contributed by atoms with Crippen LogP contribution in [-0.4, -0.2) is 5.78 Å². The third-order valence-corrected chi connectivity index (χ3v) is 9.04. The summed E-state index contributed by atoms with van der Waals surface area (Å²) in [6, 6.07) is 0. The van der Waals surface area contributed by atoms with E-state index >= 15 is 0 Å². The summed E-state index contributed by atoms with van der Waals surface area (Å²) >= 11 is 1.39. The molecule has 1 aromatic rings. The molecule has 1 aromatic carbocycles. The number of fused-ring (bicyclic) bond motifs is 3. The normalized spacial score (nSPS) is 23.8. The van der Waals surface area contributed by atoms with E-state index in [4.69, 9.17) is 0 Å². The maximum absolute atomic E-state index is 13.8. The van der Waals surface area contributed by atoms with Gasteiger partial charge in [0.2, 0.25) is 0 Å². The number of carbonyl (C=O) groups excluding carboxylic acids is 1. The zero-order valence-corrected chi connectivity index (χ0v) is 24.2. The Bertz CT molecular complexity index is 1170. The van der Waals surface area contributed by atoms with E-state index in [0.717, 1.165) is 12.0 Å². The largest absolute Gasteiger partial charge is 1.00 e. The van der Waals surface area contributed by atoms with Gasteiger partial charge in [-0.3, -0.25) is 0 Å². The molecular formula is C28H31Cl2OZr. The molecule has 0 heterocycles. The van der Waals surface area contributed by atoms with Crippen LogP contribution >= 0.6 is 0 Å². The number of benzene rings is 1. The van der Waals surface area contributed by atoms with Crippen LogP contribution in [0.1, 0.15) is 67.5 Å². The molecule has 3 aliphatic carbocycles.